The van der Waals surface area contributed by atoms with Gasteiger partial charge in [-0.3, -0.25) is 19.4 Å². The molecule has 0 rings (SSSR count). The second-order valence-corrected chi connectivity index (χ2v) is 10.1. The van der Waals surface area contributed by atoms with Crippen molar-refractivity contribution >= 4 is 29.7 Å². The monoisotopic (exact) mass is 513 g/mol. The fraction of sp³-hybridized carbons (Fsp3) is 0.792. The SMILES string of the molecule is CCC(C)C(NC(=O)C(CC(C)C)NC(=O)C(N)CC(C)C)C(=O)NC(CCCN=C(N)N)C(=O)O. The molecule has 5 unspecified atom stereocenters. The van der Waals surface area contributed by atoms with Crippen LogP contribution in [0.15, 0.2) is 4.99 Å². The van der Waals surface area contributed by atoms with Crippen LogP contribution in [-0.2, 0) is 19.2 Å². The number of carbonyl (C=O) groups excluding carboxylic acids is 3. The topological polar surface area (TPSA) is 215 Å². The van der Waals surface area contributed by atoms with Crippen molar-refractivity contribution in [2.45, 2.75) is 97.8 Å². The summed E-state index contributed by atoms with van der Waals surface area (Å²) in [5.41, 5.74) is 16.5. The van der Waals surface area contributed by atoms with Crippen LogP contribution in [-0.4, -0.2) is 65.5 Å². The number of aliphatic imine (C=N–C) groups is 1. The first-order valence-electron chi connectivity index (χ1n) is 12.6. The Labute approximate surface area is 214 Å². The third-order valence-corrected chi connectivity index (χ3v) is 5.76. The number of guanidine groups is 1. The molecule has 0 spiro atoms. The van der Waals surface area contributed by atoms with Crippen molar-refractivity contribution in [3.8, 4) is 0 Å². The lowest BCUT2D eigenvalue weighted by Crippen LogP contribution is -2.58. The van der Waals surface area contributed by atoms with Gasteiger partial charge in [0.15, 0.2) is 5.96 Å². The quantitative estimate of drug-likeness (QED) is 0.0798. The minimum absolute atomic E-state index is 0.0832. The highest BCUT2D eigenvalue weighted by Gasteiger charge is 2.33. The van der Waals surface area contributed by atoms with Gasteiger partial charge in [-0.05, 0) is 43.4 Å². The van der Waals surface area contributed by atoms with Crippen molar-refractivity contribution in [3.63, 3.8) is 0 Å². The highest BCUT2D eigenvalue weighted by molar-refractivity contribution is 5.94. The number of carbonyl (C=O) groups is 4. The predicted molar refractivity (Wildman–Crippen MR) is 140 cm³/mol. The average Bonchev–Trinajstić information content (AvgIpc) is 2.76. The van der Waals surface area contributed by atoms with Gasteiger partial charge >= 0.3 is 5.97 Å². The van der Waals surface area contributed by atoms with Crippen LogP contribution < -0.4 is 33.2 Å². The summed E-state index contributed by atoms with van der Waals surface area (Å²) in [6.45, 7) is 11.6. The summed E-state index contributed by atoms with van der Waals surface area (Å²) < 4.78 is 0. The Morgan fingerprint density at radius 3 is 1.86 bits per heavy atom. The third kappa shape index (κ3) is 13.3. The number of nitrogens with one attached hydrogen (secondary N) is 3. The van der Waals surface area contributed by atoms with Gasteiger partial charge in [0.2, 0.25) is 17.7 Å². The number of hydrogen-bond donors (Lipinski definition) is 7. The van der Waals surface area contributed by atoms with Crippen LogP contribution in [0.25, 0.3) is 0 Å². The van der Waals surface area contributed by atoms with E-state index in [1.807, 2.05) is 34.6 Å². The summed E-state index contributed by atoms with van der Waals surface area (Å²) >= 11 is 0. The van der Waals surface area contributed by atoms with Crippen LogP contribution in [0.5, 0.6) is 0 Å². The normalized spacial score (nSPS) is 15.4. The third-order valence-electron chi connectivity index (χ3n) is 5.76. The van der Waals surface area contributed by atoms with Crippen LogP contribution in [0, 0.1) is 17.8 Å². The van der Waals surface area contributed by atoms with Crippen molar-refractivity contribution in [2.75, 3.05) is 6.54 Å². The lowest BCUT2D eigenvalue weighted by molar-refractivity contribution is -0.143. The summed E-state index contributed by atoms with van der Waals surface area (Å²) in [6, 6.07) is -3.80. The molecule has 208 valence electrons. The highest BCUT2D eigenvalue weighted by Crippen LogP contribution is 2.12. The van der Waals surface area contributed by atoms with Crippen molar-refractivity contribution < 1.29 is 24.3 Å². The number of nitrogens with two attached hydrogens (primary N) is 3. The van der Waals surface area contributed by atoms with Gasteiger partial charge < -0.3 is 38.3 Å². The van der Waals surface area contributed by atoms with E-state index in [9.17, 15) is 24.3 Å². The van der Waals surface area contributed by atoms with E-state index >= 15 is 0 Å². The van der Waals surface area contributed by atoms with E-state index in [1.165, 1.54) is 0 Å². The van der Waals surface area contributed by atoms with E-state index in [0.29, 0.717) is 25.7 Å². The molecule has 0 radical (unpaired) electrons. The van der Waals surface area contributed by atoms with Crippen LogP contribution in [0.3, 0.4) is 0 Å². The molecule has 0 bridgehead atoms. The van der Waals surface area contributed by atoms with Crippen molar-refractivity contribution in [3.05, 3.63) is 0 Å². The Kier molecular flexibility index (Phi) is 15.4. The lowest BCUT2D eigenvalue weighted by atomic mass is 9.96. The van der Waals surface area contributed by atoms with Crippen molar-refractivity contribution in [1.29, 1.82) is 0 Å². The maximum Gasteiger partial charge on any atom is 0.326 e. The zero-order valence-corrected chi connectivity index (χ0v) is 22.5. The second kappa shape index (κ2) is 16.7. The van der Waals surface area contributed by atoms with Crippen LogP contribution in [0.2, 0.25) is 0 Å². The Bertz CT molecular complexity index is 753. The molecule has 0 aromatic carbocycles. The Balaban J connectivity index is 5.51. The summed E-state index contributed by atoms with van der Waals surface area (Å²) in [5, 5.41) is 17.5. The molecule has 10 N–H and O–H groups in total. The molecule has 0 aliphatic carbocycles. The smallest absolute Gasteiger partial charge is 0.326 e. The van der Waals surface area contributed by atoms with Gasteiger partial charge in [0.25, 0.3) is 0 Å². The van der Waals surface area contributed by atoms with Gasteiger partial charge in [-0.2, -0.15) is 0 Å². The standard InChI is InChI=1S/C24H47N7O5/c1-7-15(6)19(22(34)29-17(23(35)36)9-8-10-28-24(26)27)31-21(33)18(12-14(4)5)30-20(32)16(25)11-13(2)3/h13-19H,7-12,25H2,1-6H3,(H,29,34)(H,30,32)(H,31,33)(H,35,36)(H4,26,27,28). The van der Waals surface area contributed by atoms with Crippen molar-refractivity contribution in [1.82, 2.24) is 16.0 Å². The summed E-state index contributed by atoms with van der Waals surface area (Å²) in [4.78, 5) is 54.3. The van der Waals surface area contributed by atoms with Gasteiger partial charge in [-0.1, -0.05) is 48.0 Å². The first kappa shape index (κ1) is 33.1. The molecule has 0 aromatic rings. The molecular formula is C24H47N7O5. The predicted octanol–water partition coefficient (Wildman–Crippen LogP) is 0.0446. The Morgan fingerprint density at radius 1 is 0.833 bits per heavy atom. The minimum Gasteiger partial charge on any atom is -0.480 e. The van der Waals surface area contributed by atoms with Gasteiger partial charge in [-0.15, -0.1) is 0 Å². The van der Waals surface area contributed by atoms with Crippen LogP contribution in [0.4, 0.5) is 0 Å². The summed E-state index contributed by atoms with van der Waals surface area (Å²) in [7, 11) is 0. The highest BCUT2D eigenvalue weighted by atomic mass is 16.4. The van der Waals surface area contributed by atoms with Gasteiger partial charge in [0, 0.05) is 6.54 Å². The number of amides is 3. The molecule has 0 saturated heterocycles. The van der Waals surface area contributed by atoms with Gasteiger partial charge in [-0.25, -0.2) is 4.79 Å². The van der Waals surface area contributed by atoms with E-state index < -0.39 is 47.9 Å². The number of nitrogens with zero attached hydrogens (tertiary/aromatic N) is 1. The van der Waals surface area contributed by atoms with E-state index in [2.05, 4.69) is 20.9 Å². The van der Waals surface area contributed by atoms with Crippen LogP contribution >= 0.6 is 0 Å². The molecule has 0 saturated carbocycles. The molecular weight excluding hydrogens is 466 g/mol. The first-order chi connectivity index (χ1) is 16.7. The molecule has 0 aliphatic rings. The molecule has 12 heteroatoms. The fourth-order valence-electron chi connectivity index (χ4n) is 3.57. The number of carboxylic acids is 1. The van der Waals surface area contributed by atoms with E-state index in [-0.39, 0.29) is 36.7 Å². The van der Waals surface area contributed by atoms with Gasteiger partial charge in [0.1, 0.15) is 18.1 Å². The first-order valence-corrected chi connectivity index (χ1v) is 12.6. The fourth-order valence-corrected chi connectivity index (χ4v) is 3.57. The number of hydrogen-bond acceptors (Lipinski definition) is 6. The minimum atomic E-state index is -1.20. The maximum absolute atomic E-state index is 13.2. The molecule has 0 fully saturated rings. The number of carboxylic acid groups (broad SMARTS) is 1. The van der Waals surface area contributed by atoms with Gasteiger partial charge in [0.05, 0.1) is 6.04 Å². The van der Waals surface area contributed by atoms with E-state index in [1.54, 1.807) is 6.92 Å². The second-order valence-electron chi connectivity index (χ2n) is 10.1. The van der Waals surface area contributed by atoms with E-state index in [0.717, 1.165) is 0 Å². The number of aliphatic carboxylic acids is 1. The molecule has 0 aliphatic heterocycles. The van der Waals surface area contributed by atoms with Crippen LogP contribution in [0.1, 0.15) is 73.6 Å². The molecule has 3 amide bonds. The maximum atomic E-state index is 13.2. The Hall–Kier alpha value is -2.89. The summed E-state index contributed by atoms with van der Waals surface area (Å²) in [5.74, 6) is -2.86. The lowest BCUT2D eigenvalue weighted by Gasteiger charge is -2.28. The average molecular weight is 514 g/mol. The molecule has 12 nitrogen and oxygen atoms in total. The largest absolute Gasteiger partial charge is 0.480 e. The molecule has 5 atom stereocenters. The van der Waals surface area contributed by atoms with E-state index in [4.69, 9.17) is 17.2 Å². The molecule has 0 heterocycles. The molecule has 0 aromatic heterocycles. The number of rotatable bonds is 17. The van der Waals surface area contributed by atoms with Crippen molar-refractivity contribution in [2.24, 2.45) is 39.9 Å². The Morgan fingerprint density at radius 2 is 1.39 bits per heavy atom. The zero-order valence-electron chi connectivity index (χ0n) is 22.5. The summed E-state index contributed by atoms with van der Waals surface area (Å²) in [6.07, 6.45) is 1.83. The zero-order chi connectivity index (χ0) is 28.0. The molecule has 36 heavy (non-hydrogen) atoms.